The Morgan fingerprint density at radius 1 is 1.12 bits per heavy atom. The SMILES string of the molecule is COc1cc(C(O)NCC(O)(c2cc(C(C)(C)NC(C)=O)cc([C@@H]3C=CC(F)CC3)n2)C(F)(F)F)ccc1OCC(C)O. The van der Waals surface area contributed by atoms with Gasteiger partial charge in [-0.1, -0.05) is 18.2 Å². The minimum Gasteiger partial charge on any atom is -0.493 e. The number of halogens is 4. The number of ether oxygens (including phenoxy) is 2. The Kier molecular flexibility index (Phi) is 10.8. The van der Waals surface area contributed by atoms with Crippen LogP contribution in [-0.4, -0.2) is 64.9 Å². The second-order valence-corrected chi connectivity index (χ2v) is 11.3. The average molecular weight is 614 g/mol. The number of hydrogen-bond donors (Lipinski definition) is 5. The fourth-order valence-corrected chi connectivity index (χ4v) is 4.74. The number of aromatic nitrogens is 1. The van der Waals surface area contributed by atoms with Crippen LogP contribution >= 0.6 is 0 Å². The number of pyridine rings is 1. The lowest BCUT2D eigenvalue weighted by Crippen LogP contribution is -2.51. The van der Waals surface area contributed by atoms with Crippen molar-refractivity contribution in [1.82, 2.24) is 15.6 Å². The van der Waals surface area contributed by atoms with E-state index in [1.165, 1.54) is 51.3 Å². The summed E-state index contributed by atoms with van der Waals surface area (Å²) in [5, 5.41) is 36.5. The Bertz CT molecular complexity index is 1300. The van der Waals surface area contributed by atoms with Crippen molar-refractivity contribution in [2.24, 2.45) is 0 Å². The summed E-state index contributed by atoms with van der Waals surface area (Å²) in [4.78, 5) is 16.1. The van der Waals surface area contributed by atoms with E-state index in [0.717, 1.165) is 6.07 Å². The molecule has 0 aliphatic heterocycles. The molecule has 5 atom stereocenters. The summed E-state index contributed by atoms with van der Waals surface area (Å²) in [6.07, 6.45) is -5.56. The predicted molar refractivity (Wildman–Crippen MR) is 150 cm³/mol. The molecule has 1 aromatic heterocycles. The molecule has 13 heteroatoms. The summed E-state index contributed by atoms with van der Waals surface area (Å²) in [5.41, 5.74) is -4.92. The van der Waals surface area contributed by atoms with Crippen LogP contribution in [-0.2, 0) is 15.9 Å². The molecule has 0 spiro atoms. The van der Waals surface area contributed by atoms with Gasteiger partial charge in [-0.15, -0.1) is 0 Å². The lowest BCUT2D eigenvalue weighted by atomic mass is 9.85. The number of benzene rings is 1. The number of aliphatic hydroxyl groups excluding tert-OH is 2. The number of nitrogens with one attached hydrogen (secondary N) is 2. The summed E-state index contributed by atoms with van der Waals surface area (Å²) >= 11 is 0. The number of rotatable bonds is 12. The van der Waals surface area contributed by atoms with Gasteiger partial charge in [-0.05, 0) is 69.0 Å². The third-order valence-corrected chi connectivity index (χ3v) is 7.17. The van der Waals surface area contributed by atoms with Crippen LogP contribution in [0.3, 0.4) is 0 Å². The van der Waals surface area contributed by atoms with E-state index < -0.39 is 59.9 Å². The molecule has 9 nitrogen and oxygen atoms in total. The highest BCUT2D eigenvalue weighted by atomic mass is 19.4. The van der Waals surface area contributed by atoms with Crippen LogP contribution in [0.15, 0.2) is 42.5 Å². The maximum absolute atomic E-state index is 14.6. The molecule has 0 saturated heterocycles. The summed E-state index contributed by atoms with van der Waals surface area (Å²) in [7, 11) is 1.34. The number of hydrogen-bond acceptors (Lipinski definition) is 8. The van der Waals surface area contributed by atoms with Crippen molar-refractivity contribution in [2.45, 2.75) is 82.3 Å². The van der Waals surface area contributed by atoms with Gasteiger partial charge in [0.2, 0.25) is 11.5 Å². The molecule has 3 rings (SSSR count). The van der Waals surface area contributed by atoms with Crippen LogP contribution in [0.5, 0.6) is 11.5 Å². The van der Waals surface area contributed by atoms with Gasteiger partial charge in [-0.2, -0.15) is 13.2 Å². The molecule has 0 saturated carbocycles. The van der Waals surface area contributed by atoms with Crippen molar-refractivity contribution in [3.05, 3.63) is 65.0 Å². The zero-order valence-corrected chi connectivity index (χ0v) is 24.7. The Balaban J connectivity index is 2.00. The van der Waals surface area contributed by atoms with E-state index in [2.05, 4.69) is 15.6 Å². The quantitative estimate of drug-likeness (QED) is 0.138. The van der Waals surface area contributed by atoms with Gasteiger partial charge in [0.05, 0.1) is 24.4 Å². The molecule has 2 aromatic rings. The molecule has 43 heavy (non-hydrogen) atoms. The first-order valence-corrected chi connectivity index (χ1v) is 13.8. The van der Waals surface area contributed by atoms with Gasteiger partial charge in [0.25, 0.3) is 0 Å². The number of methoxy groups -OCH3 is 1. The number of allylic oxidation sites excluding steroid dienone is 2. The monoisotopic (exact) mass is 613 g/mol. The van der Waals surface area contributed by atoms with Gasteiger partial charge in [0.1, 0.15) is 19.0 Å². The van der Waals surface area contributed by atoms with Gasteiger partial charge in [0, 0.05) is 25.1 Å². The zero-order chi connectivity index (χ0) is 32.2. The van der Waals surface area contributed by atoms with Crippen LogP contribution in [0.4, 0.5) is 17.6 Å². The van der Waals surface area contributed by atoms with E-state index in [0.29, 0.717) is 0 Å². The second kappa shape index (κ2) is 13.6. The number of aliphatic hydroxyl groups is 3. The largest absolute Gasteiger partial charge is 0.493 e. The normalized spacial score (nSPS) is 20.2. The predicted octanol–water partition coefficient (Wildman–Crippen LogP) is 4.02. The molecule has 0 bridgehead atoms. The minimum absolute atomic E-state index is 0.0348. The topological polar surface area (TPSA) is 133 Å². The number of carbonyl (C=O) groups is 1. The zero-order valence-electron chi connectivity index (χ0n) is 24.7. The Morgan fingerprint density at radius 2 is 1.81 bits per heavy atom. The molecule has 0 radical (unpaired) electrons. The average Bonchev–Trinajstić information content (AvgIpc) is 2.93. The van der Waals surface area contributed by atoms with Gasteiger partial charge in [-0.3, -0.25) is 15.1 Å². The molecule has 1 amide bonds. The molecule has 5 N–H and O–H groups in total. The molecule has 4 unspecified atom stereocenters. The summed E-state index contributed by atoms with van der Waals surface area (Å²) in [6, 6.07) is 6.79. The highest BCUT2D eigenvalue weighted by Crippen LogP contribution is 2.41. The first-order chi connectivity index (χ1) is 20.0. The number of nitrogens with zero attached hydrogens (tertiary/aromatic N) is 1. The Morgan fingerprint density at radius 3 is 2.37 bits per heavy atom. The van der Waals surface area contributed by atoms with Crippen molar-refractivity contribution in [1.29, 1.82) is 0 Å². The molecular formula is C30H39F4N3O6. The maximum Gasteiger partial charge on any atom is 0.424 e. The molecule has 0 fully saturated rings. The van der Waals surface area contributed by atoms with E-state index >= 15 is 0 Å². The van der Waals surface area contributed by atoms with E-state index in [4.69, 9.17) is 9.47 Å². The molecule has 1 aliphatic carbocycles. The number of amides is 1. The van der Waals surface area contributed by atoms with Gasteiger partial charge < -0.3 is 30.1 Å². The van der Waals surface area contributed by atoms with Gasteiger partial charge >= 0.3 is 6.18 Å². The highest BCUT2D eigenvalue weighted by Gasteiger charge is 2.56. The van der Waals surface area contributed by atoms with E-state index in [-0.39, 0.29) is 47.8 Å². The molecule has 1 aromatic carbocycles. The lowest BCUT2D eigenvalue weighted by Gasteiger charge is -2.34. The maximum atomic E-state index is 14.6. The standard InChI is InChI=1S/C30H39F4N3O6/c1-17(38)15-43-24-11-8-20(12-25(24)42-5)27(40)35-16-29(41,30(32,33)34)26-14-21(28(3,4)37-18(2)39)13-23(36-26)19-6-9-22(31)10-7-19/h6,8-9,11-14,17,19,22,27,35,38,40-41H,7,10,15-16H2,1-5H3,(H,37,39)/t17?,19-,22?,27?,29?/m1/s1. The van der Waals surface area contributed by atoms with E-state index in [1.54, 1.807) is 19.9 Å². The fraction of sp³-hybridized carbons (Fsp3) is 0.533. The van der Waals surface area contributed by atoms with Crippen molar-refractivity contribution < 1.29 is 47.1 Å². The number of alkyl halides is 4. The molecular weight excluding hydrogens is 574 g/mol. The second-order valence-electron chi connectivity index (χ2n) is 11.3. The smallest absolute Gasteiger partial charge is 0.424 e. The highest BCUT2D eigenvalue weighted by molar-refractivity contribution is 5.74. The van der Waals surface area contributed by atoms with Crippen molar-refractivity contribution in [3.63, 3.8) is 0 Å². The summed E-state index contributed by atoms with van der Waals surface area (Å²) in [6.45, 7) is 4.77. The van der Waals surface area contributed by atoms with Crippen molar-refractivity contribution in [2.75, 3.05) is 20.3 Å². The molecule has 1 aliphatic rings. The first-order valence-electron chi connectivity index (χ1n) is 13.8. The lowest BCUT2D eigenvalue weighted by molar-refractivity contribution is -0.267. The van der Waals surface area contributed by atoms with Gasteiger partial charge in [-0.25, -0.2) is 4.39 Å². The van der Waals surface area contributed by atoms with Crippen molar-refractivity contribution in [3.8, 4) is 11.5 Å². The third-order valence-electron chi connectivity index (χ3n) is 7.17. The summed E-state index contributed by atoms with van der Waals surface area (Å²) < 4.78 is 68.3. The molecule has 238 valence electrons. The third kappa shape index (κ3) is 8.43. The van der Waals surface area contributed by atoms with Crippen LogP contribution in [0.1, 0.15) is 75.2 Å². The minimum atomic E-state index is -5.25. The van der Waals surface area contributed by atoms with Crippen LogP contribution in [0.2, 0.25) is 0 Å². The van der Waals surface area contributed by atoms with Gasteiger partial charge in [0.15, 0.2) is 11.5 Å². The summed E-state index contributed by atoms with van der Waals surface area (Å²) in [5.74, 6) is -0.522. The number of carbonyl (C=O) groups excluding carboxylic acids is 1. The van der Waals surface area contributed by atoms with Crippen molar-refractivity contribution >= 4 is 5.91 Å². The Hall–Kier alpha value is -3.26. The fourth-order valence-electron chi connectivity index (χ4n) is 4.74. The first kappa shape index (κ1) is 34.2. The van der Waals surface area contributed by atoms with E-state index in [9.17, 15) is 37.7 Å². The Labute approximate surface area is 247 Å². The van der Waals surface area contributed by atoms with E-state index in [1.807, 2.05) is 0 Å². The van der Waals surface area contributed by atoms with Crippen LogP contribution in [0.25, 0.3) is 0 Å². The molecule has 1 heterocycles. The van der Waals surface area contributed by atoms with Crippen LogP contribution in [0, 0.1) is 0 Å². The van der Waals surface area contributed by atoms with Crippen LogP contribution < -0.4 is 20.1 Å².